The molecule has 0 aliphatic rings. The predicted molar refractivity (Wildman–Crippen MR) is 131 cm³/mol. The smallest absolute Gasteiger partial charge is 0.234 e. The minimum Gasteiger partial charge on any atom is -0.495 e. The second-order valence-corrected chi connectivity index (χ2v) is 9.29. The number of thiophene rings is 1. The highest BCUT2D eigenvalue weighted by Gasteiger charge is 2.20. The van der Waals surface area contributed by atoms with Gasteiger partial charge in [-0.1, -0.05) is 47.7 Å². The number of nitrogens with one attached hydrogen (secondary N) is 1. The maximum atomic E-state index is 12.8. The van der Waals surface area contributed by atoms with E-state index in [1.807, 2.05) is 60.2 Å². The molecule has 0 aliphatic carbocycles. The number of carbonyl (C=O) groups is 1. The molecule has 0 unspecified atom stereocenters. The SMILES string of the molecule is COc1ccccc1-n1c(SCC(=O)Nc2c(C)cc(C)cc2C)nnc1-c1cccs1. The van der Waals surface area contributed by atoms with E-state index in [1.54, 1.807) is 18.4 Å². The predicted octanol–water partition coefficient (Wildman–Crippen LogP) is 5.66. The fraction of sp³-hybridized carbons (Fsp3) is 0.208. The Kier molecular flexibility index (Phi) is 6.62. The van der Waals surface area contributed by atoms with Gasteiger partial charge in [0.1, 0.15) is 5.75 Å². The minimum atomic E-state index is -0.0858. The summed E-state index contributed by atoms with van der Waals surface area (Å²) in [5.74, 6) is 1.56. The summed E-state index contributed by atoms with van der Waals surface area (Å²) in [5, 5.41) is 14.5. The fourth-order valence-electron chi connectivity index (χ4n) is 3.64. The number of aryl methyl sites for hydroxylation is 3. The van der Waals surface area contributed by atoms with Crippen molar-refractivity contribution < 1.29 is 9.53 Å². The van der Waals surface area contributed by atoms with Gasteiger partial charge in [0.25, 0.3) is 0 Å². The minimum absolute atomic E-state index is 0.0858. The van der Waals surface area contributed by atoms with Gasteiger partial charge in [-0.05, 0) is 55.5 Å². The van der Waals surface area contributed by atoms with Crippen molar-refractivity contribution in [1.29, 1.82) is 0 Å². The number of thioether (sulfide) groups is 1. The second-order valence-electron chi connectivity index (χ2n) is 7.40. The van der Waals surface area contributed by atoms with Gasteiger partial charge in [-0.15, -0.1) is 21.5 Å². The Balaban J connectivity index is 1.61. The number of carbonyl (C=O) groups excluding carboxylic acids is 1. The van der Waals surface area contributed by atoms with E-state index in [1.165, 1.54) is 17.3 Å². The number of nitrogens with zero attached hydrogens (tertiary/aromatic N) is 3. The van der Waals surface area contributed by atoms with E-state index in [2.05, 4.69) is 34.6 Å². The van der Waals surface area contributed by atoms with Crippen molar-refractivity contribution in [3.05, 3.63) is 70.6 Å². The molecule has 164 valence electrons. The number of anilines is 1. The summed E-state index contributed by atoms with van der Waals surface area (Å²) in [7, 11) is 1.64. The topological polar surface area (TPSA) is 69.0 Å². The lowest BCUT2D eigenvalue weighted by Gasteiger charge is -2.14. The third kappa shape index (κ3) is 4.56. The van der Waals surface area contributed by atoms with E-state index in [9.17, 15) is 4.79 Å². The van der Waals surface area contributed by atoms with Crippen molar-refractivity contribution in [2.75, 3.05) is 18.2 Å². The molecule has 2 aromatic carbocycles. The zero-order valence-corrected chi connectivity index (χ0v) is 20.0. The average Bonchev–Trinajstić information content (AvgIpc) is 3.44. The Morgan fingerprint density at radius 3 is 2.53 bits per heavy atom. The molecule has 2 aromatic heterocycles. The summed E-state index contributed by atoms with van der Waals surface area (Å²) in [6.45, 7) is 6.07. The fourth-order valence-corrected chi connectivity index (χ4v) is 5.09. The standard InChI is InChI=1S/C24H24N4O2S2/c1-15-12-16(2)22(17(3)13-15)25-21(29)14-32-24-27-26-23(20-10-7-11-31-20)28(24)18-8-5-6-9-19(18)30-4/h5-13H,14H2,1-4H3,(H,25,29). The number of amides is 1. The lowest BCUT2D eigenvalue weighted by Crippen LogP contribution is -2.16. The zero-order valence-electron chi connectivity index (χ0n) is 18.4. The van der Waals surface area contributed by atoms with Crippen molar-refractivity contribution in [2.24, 2.45) is 0 Å². The first-order valence-electron chi connectivity index (χ1n) is 10.1. The Hall–Kier alpha value is -3.10. The van der Waals surface area contributed by atoms with Crippen LogP contribution in [-0.2, 0) is 4.79 Å². The summed E-state index contributed by atoms with van der Waals surface area (Å²) >= 11 is 2.94. The molecule has 0 saturated heterocycles. The highest BCUT2D eigenvalue weighted by molar-refractivity contribution is 7.99. The molecule has 1 amide bonds. The highest BCUT2D eigenvalue weighted by atomic mass is 32.2. The van der Waals surface area contributed by atoms with Crippen molar-refractivity contribution in [2.45, 2.75) is 25.9 Å². The van der Waals surface area contributed by atoms with E-state index in [4.69, 9.17) is 4.74 Å². The second kappa shape index (κ2) is 9.58. The largest absolute Gasteiger partial charge is 0.495 e. The Labute approximate surface area is 195 Å². The molecule has 0 fully saturated rings. The van der Waals surface area contributed by atoms with Gasteiger partial charge in [0.15, 0.2) is 11.0 Å². The summed E-state index contributed by atoms with van der Waals surface area (Å²) in [5.41, 5.74) is 4.98. The summed E-state index contributed by atoms with van der Waals surface area (Å²) < 4.78 is 7.52. The lowest BCUT2D eigenvalue weighted by atomic mass is 10.1. The monoisotopic (exact) mass is 464 g/mol. The first kappa shape index (κ1) is 22.1. The molecule has 0 spiro atoms. The number of para-hydroxylation sites is 2. The normalized spacial score (nSPS) is 10.9. The van der Waals surface area contributed by atoms with Gasteiger partial charge >= 0.3 is 0 Å². The number of hydrogen-bond acceptors (Lipinski definition) is 6. The molecule has 6 nitrogen and oxygen atoms in total. The van der Waals surface area contributed by atoms with Gasteiger partial charge < -0.3 is 10.1 Å². The average molecular weight is 465 g/mol. The van der Waals surface area contributed by atoms with E-state index in [0.717, 1.165) is 33.2 Å². The van der Waals surface area contributed by atoms with Gasteiger partial charge in [0.05, 0.1) is 23.4 Å². The van der Waals surface area contributed by atoms with Crippen LogP contribution in [0.4, 0.5) is 5.69 Å². The molecule has 0 radical (unpaired) electrons. The molecule has 0 aliphatic heterocycles. The van der Waals surface area contributed by atoms with Crippen LogP contribution in [0.25, 0.3) is 16.4 Å². The third-order valence-electron chi connectivity index (χ3n) is 4.97. The van der Waals surface area contributed by atoms with Crippen LogP contribution in [-0.4, -0.2) is 33.5 Å². The van der Waals surface area contributed by atoms with Crippen molar-refractivity contribution >= 4 is 34.7 Å². The number of rotatable bonds is 7. The maximum absolute atomic E-state index is 12.8. The van der Waals surface area contributed by atoms with Crippen LogP contribution < -0.4 is 10.1 Å². The third-order valence-corrected chi connectivity index (χ3v) is 6.77. The van der Waals surface area contributed by atoms with Crippen LogP contribution in [0.2, 0.25) is 0 Å². The van der Waals surface area contributed by atoms with E-state index >= 15 is 0 Å². The number of ether oxygens (including phenoxy) is 1. The number of hydrogen-bond donors (Lipinski definition) is 1. The zero-order chi connectivity index (χ0) is 22.7. The van der Waals surface area contributed by atoms with Crippen LogP contribution in [0.1, 0.15) is 16.7 Å². The molecule has 2 heterocycles. The Bertz CT molecular complexity index is 1230. The van der Waals surface area contributed by atoms with Crippen molar-refractivity contribution in [1.82, 2.24) is 14.8 Å². The van der Waals surface area contributed by atoms with E-state index in [0.29, 0.717) is 10.9 Å². The van der Waals surface area contributed by atoms with Gasteiger partial charge in [-0.25, -0.2) is 0 Å². The molecule has 4 aromatic rings. The Morgan fingerprint density at radius 1 is 1.09 bits per heavy atom. The summed E-state index contributed by atoms with van der Waals surface area (Å²) in [6, 6.07) is 15.9. The molecule has 8 heteroatoms. The van der Waals surface area contributed by atoms with Crippen LogP contribution in [0.3, 0.4) is 0 Å². The number of aromatic nitrogens is 3. The quantitative estimate of drug-likeness (QED) is 0.357. The molecule has 4 rings (SSSR count). The Morgan fingerprint density at radius 2 is 1.84 bits per heavy atom. The summed E-state index contributed by atoms with van der Waals surface area (Å²) in [6.07, 6.45) is 0. The number of methoxy groups -OCH3 is 1. The highest BCUT2D eigenvalue weighted by Crippen LogP contribution is 2.34. The first-order chi connectivity index (χ1) is 15.5. The van der Waals surface area contributed by atoms with Crippen LogP contribution in [0.15, 0.2) is 59.1 Å². The van der Waals surface area contributed by atoms with Crippen molar-refractivity contribution in [3.63, 3.8) is 0 Å². The van der Waals surface area contributed by atoms with Crippen LogP contribution in [0, 0.1) is 20.8 Å². The summed E-state index contributed by atoms with van der Waals surface area (Å²) in [4.78, 5) is 13.8. The molecule has 0 atom stereocenters. The van der Waals surface area contributed by atoms with Crippen LogP contribution >= 0.6 is 23.1 Å². The maximum Gasteiger partial charge on any atom is 0.234 e. The van der Waals surface area contributed by atoms with E-state index < -0.39 is 0 Å². The van der Waals surface area contributed by atoms with Gasteiger partial charge in [0, 0.05) is 5.69 Å². The molecule has 0 saturated carbocycles. The van der Waals surface area contributed by atoms with Crippen molar-refractivity contribution in [3.8, 4) is 22.1 Å². The van der Waals surface area contributed by atoms with Gasteiger partial charge in [0.2, 0.25) is 5.91 Å². The van der Waals surface area contributed by atoms with Gasteiger partial charge in [-0.2, -0.15) is 0 Å². The van der Waals surface area contributed by atoms with E-state index in [-0.39, 0.29) is 11.7 Å². The first-order valence-corrected chi connectivity index (χ1v) is 12.0. The number of benzene rings is 2. The molecule has 32 heavy (non-hydrogen) atoms. The van der Waals surface area contributed by atoms with Gasteiger partial charge in [-0.3, -0.25) is 9.36 Å². The molecular weight excluding hydrogens is 440 g/mol. The molecule has 0 bridgehead atoms. The molecular formula is C24H24N4O2S2. The van der Waals surface area contributed by atoms with Crippen LogP contribution in [0.5, 0.6) is 5.75 Å². The molecule has 1 N–H and O–H groups in total. The lowest BCUT2D eigenvalue weighted by molar-refractivity contribution is -0.113.